The lowest BCUT2D eigenvalue weighted by Gasteiger charge is -2.10. The zero-order valence-electron chi connectivity index (χ0n) is 10.0. The van der Waals surface area contributed by atoms with Crippen LogP contribution in [0.5, 0.6) is 0 Å². The number of nitrogens with one attached hydrogen (secondary N) is 2. The normalized spacial score (nSPS) is 11.8. The molecule has 0 aromatic heterocycles. The SMILES string of the molecule is CNC(=O)c1ccc(NC(=O)C(C)Cl)c(C)c1. The van der Waals surface area contributed by atoms with E-state index < -0.39 is 5.38 Å². The van der Waals surface area contributed by atoms with Crippen molar-refractivity contribution in [3.8, 4) is 0 Å². The van der Waals surface area contributed by atoms with Crippen molar-refractivity contribution in [3.05, 3.63) is 29.3 Å². The number of benzene rings is 1. The summed E-state index contributed by atoms with van der Waals surface area (Å²) < 4.78 is 0. The summed E-state index contributed by atoms with van der Waals surface area (Å²) in [6, 6.07) is 5.06. The number of halogens is 1. The fourth-order valence-electron chi connectivity index (χ4n) is 1.32. The van der Waals surface area contributed by atoms with Crippen molar-refractivity contribution < 1.29 is 9.59 Å². The molecule has 1 atom stereocenters. The van der Waals surface area contributed by atoms with Gasteiger partial charge >= 0.3 is 0 Å². The van der Waals surface area contributed by atoms with E-state index in [1.54, 1.807) is 32.2 Å². The summed E-state index contributed by atoms with van der Waals surface area (Å²) >= 11 is 5.66. The zero-order chi connectivity index (χ0) is 13.0. The van der Waals surface area contributed by atoms with Crippen LogP contribution in [0, 0.1) is 6.92 Å². The van der Waals surface area contributed by atoms with E-state index in [-0.39, 0.29) is 11.8 Å². The molecule has 1 rings (SSSR count). The largest absolute Gasteiger partial charge is 0.355 e. The topological polar surface area (TPSA) is 58.2 Å². The van der Waals surface area contributed by atoms with Crippen LogP contribution in [0.25, 0.3) is 0 Å². The summed E-state index contributed by atoms with van der Waals surface area (Å²) in [6.45, 7) is 3.42. The van der Waals surface area contributed by atoms with Crippen molar-refractivity contribution in [1.82, 2.24) is 5.32 Å². The van der Waals surface area contributed by atoms with Crippen LogP contribution in [0.15, 0.2) is 18.2 Å². The highest BCUT2D eigenvalue weighted by atomic mass is 35.5. The molecule has 2 amide bonds. The second-order valence-corrected chi connectivity index (χ2v) is 4.37. The highest BCUT2D eigenvalue weighted by molar-refractivity contribution is 6.32. The number of amides is 2. The van der Waals surface area contributed by atoms with Crippen LogP contribution in [-0.4, -0.2) is 24.2 Å². The molecular weight excluding hydrogens is 240 g/mol. The highest BCUT2D eigenvalue weighted by Gasteiger charge is 2.11. The summed E-state index contributed by atoms with van der Waals surface area (Å²) in [7, 11) is 1.57. The van der Waals surface area contributed by atoms with Gasteiger partial charge in [0.2, 0.25) is 5.91 Å². The van der Waals surface area contributed by atoms with Crippen molar-refractivity contribution >= 4 is 29.1 Å². The van der Waals surface area contributed by atoms with Crippen LogP contribution in [0.3, 0.4) is 0 Å². The first-order valence-electron chi connectivity index (χ1n) is 5.23. The molecule has 0 aliphatic carbocycles. The van der Waals surface area contributed by atoms with E-state index in [9.17, 15) is 9.59 Å². The molecule has 5 heteroatoms. The van der Waals surface area contributed by atoms with Gasteiger partial charge in [0.1, 0.15) is 5.38 Å². The Balaban J connectivity index is 2.90. The molecule has 1 aromatic carbocycles. The Hall–Kier alpha value is -1.55. The lowest BCUT2D eigenvalue weighted by atomic mass is 10.1. The molecule has 0 spiro atoms. The molecule has 0 heterocycles. The minimum atomic E-state index is -0.590. The van der Waals surface area contributed by atoms with Crippen molar-refractivity contribution in [2.45, 2.75) is 19.2 Å². The lowest BCUT2D eigenvalue weighted by Crippen LogP contribution is -2.21. The van der Waals surface area contributed by atoms with Gasteiger partial charge in [0, 0.05) is 18.3 Å². The maximum atomic E-state index is 11.4. The van der Waals surface area contributed by atoms with E-state index in [1.807, 2.05) is 6.92 Å². The standard InChI is InChI=1S/C12H15ClN2O2/c1-7-6-9(12(17)14-3)4-5-10(7)15-11(16)8(2)13/h4-6,8H,1-3H3,(H,14,17)(H,15,16). The second kappa shape index (κ2) is 5.68. The summed E-state index contributed by atoms with van der Waals surface area (Å²) in [5.74, 6) is -0.417. The van der Waals surface area contributed by atoms with Crippen LogP contribution in [-0.2, 0) is 4.79 Å². The van der Waals surface area contributed by atoms with E-state index in [0.717, 1.165) is 5.56 Å². The van der Waals surface area contributed by atoms with Crippen LogP contribution in [0.2, 0.25) is 0 Å². The minimum absolute atomic E-state index is 0.156. The Labute approximate surface area is 105 Å². The zero-order valence-corrected chi connectivity index (χ0v) is 10.8. The molecule has 1 aromatic rings. The number of hydrogen-bond donors (Lipinski definition) is 2. The Kier molecular flexibility index (Phi) is 4.52. The van der Waals surface area contributed by atoms with Gasteiger partial charge in [-0.05, 0) is 37.6 Å². The predicted octanol–water partition coefficient (Wildman–Crippen LogP) is 1.92. The number of hydrogen-bond acceptors (Lipinski definition) is 2. The maximum absolute atomic E-state index is 11.4. The van der Waals surface area contributed by atoms with Gasteiger partial charge in [0.25, 0.3) is 5.91 Å². The fraction of sp³-hybridized carbons (Fsp3) is 0.333. The third-order valence-electron chi connectivity index (χ3n) is 2.33. The lowest BCUT2D eigenvalue weighted by molar-refractivity contribution is -0.115. The minimum Gasteiger partial charge on any atom is -0.355 e. The van der Waals surface area contributed by atoms with Gasteiger partial charge in [-0.15, -0.1) is 11.6 Å². The second-order valence-electron chi connectivity index (χ2n) is 3.71. The number of rotatable bonds is 3. The van der Waals surface area contributed by atoms with Crippen LogP contribution in [0.1, 0.15) is 22.8 Å². The van der Waals surface area contributed by atoms with Gasteiger partial charge in [-0.1, -0.05) is 0 Å². The van der Waals surface area contributed by atoms with E-state index in [0.29, 0.717) is 11.3 Å². The Morgan fingerprint density at radius 2 is 2.00 bits per heavy atom. The number of anilines is 1. The number of aryl methyl sites for hydroxylation is 1. The number of alkyl halides is 1. The Bertz CT molecular complexity index is 444. The van der Waals surface area contributed by atoms with Gasteiger partial charge in [0.05, 0.1) is 0 Å². The molecule has 2 N–H and O–H groups in total. The van der Waals surface area contributed by atoms with Crippen molar-refractivity contribution in [1.29, 1.82) is 0 Å². The average Bonchev–Trinajstić information content (AvgIpc) is 2.30. The van der Waals surface area contributed by atoms with Gasteiger partial charge in [0.15, 0.2) is 0 Å². The molecule has 0 fully saturated rings. The first-order valence-corrected chi connectivity index (χ1v) is 5.67. The molecule has 0 saturated heterocycles. The molecule has 0 radical (unpaired) electrons. The van der Waals surface area contributed by atoms with E-state index >= 15 is 0 Å². The third kappa shape index (κ3) is 3.46. The molecule has 0 aliphatic heterocycles. The van der Waals surface area contributed by atoms with E-state index in [1.165, 1.54) is 0 Å². The predicted molar refractivity (Wildman–Crippen MR) is 68.5 cm³/mol. The molecule has 4 nitrogen and oxygen atoms in total. The Morgan fingerprint density at radius 1 is 1.35 bits per heavy atom. The quantitative estimate of drug-likeness (QED) is 0.810. The maximum Gasteiger partial charge on any atom is 0.251 e. The average molecular weight is 255 g/mol. The van der Waals surface area contributed by atoms with Gasteiger partial charge < -0.3 is 10.6 Å². The first-order chi connectivity index (χ1) is 7.95. The summed E-state index contributed by atoms with van der Waals surface area (Å²) in [6.07, 6.45) is 0. The molecule has 92 valence electrons. The molecule has 0 saturated carbocycles. The summed E-state index contributed by atoms with van der Waals surface area (Å²) in [5.41, 5.74) is 2.04. The summed E-state index contributed by atoms with van der Waals surface area (Å²) in [4.78, 5) is 22.8. The van der Waals surface area contributed by atoms with Gasteiger partial charge in [-0.25, -0.2) is 0 Å². The Morgan fingerprint density at radius 3 is 2.47 bits per heavy atom. The first kappa shape index (κ1) is 13.5. The van der Waals surface area contributed by atoms with Crippen LogP contribution < -0.4 is 10.6 Å². The van der Waals surface area contributed by atoms with E-state index in [2.05, 4.69) is 10.6 Å². The molecule has 1 unspecified atom stereocenters. The van der Waals surface area contributed by atoms with Crippen molar-refractivity contribution in [2.75, 3.05) is 12.4 Å². The molecular formula is C12H15ClN2O2. The smallest absolute Gasteiger partial charge is 0.251 e. The molecule has 0 aliphatic rings. The number of carbonyl (C=O) groups is 2. The third-order valence-corrected chi connectivity index (χ3v) is 2.53. The van der Waals surface area contributed by atoms with Crippen molar-refractivity contribution in [3.63, 3.8) is 0 Å². The van der Waals surface area contributed by atoms with Crippen LogP contribution >= 0.6 is 11.6 Å². The van der Waals surface area contributed by atoms with E-state index in [4.69, 9.17) is 11.6 Å². The summed E-state index contributed by atoms with van der Waals surface area (Å²) in [5, 5.41) is 4.64. The van der Waals surface area contributed by atoms with Crippen LogP contribution in [0.4, 0.5) is 5.69 Å². The van der Waals surface area contributed by atoms with Gasteiger partial charge in [-0.2, -0.15) is 0 Å². The fourth-order valence-corrected chi connectivity index (χ4v) is 1.38. The highest BCUT2D eigenvalue weighted by Crippen LogP contribution is 2.17. The molecule has 17 heavy (non-hydrogen) atoms. The number of carbonyl (C=O) groups excluding carboxylic acids is 2. The molecule has 0 bridgehead atoms. The monoisotopic (exact) mass is 254 g/mol. The van der Waals surface area contributed by atoms with Crippen molar-refractivity contribution in [2.24, 2.45) is 0 Å². The van der Waals surface area contributed by atoms with Gasteiger partial charge in [-0.3, -0.25) is 9.59 Å².